The van der Waals surface area contributed by atoms with E-state index in [1.54, 1.807) is 0 Å². The second-order valence-corrected chi connectivity index (χ2v) is 3.49. The number of hydrogen-bond donors (Lipinski definition) is 0. The van der Waals surface area contributed by atoms with E-state index in [9.17, 15) is 33.4 Å². The monoisotopic (exact) mass is 264 g/mol. The largest absolute Gasteiger partial charge is 0.422 e. The molecular weight excluding hydrogens is 257 g/mol. The van der Waals surface area contributed by atoms with Gasteiger partial charge in [-0.25, -0.2) is 0 Å². The van der Waals surface area contributed by atoms with E-state index in [4.69, 9.17) is 0 Å². The lowest BCUT2D eigenvalue weighted by atomic mass is 10.0. The zero-order valence-corrected chi connectivity index (χ0v) is 8.97. The first-order chi connectivity index (χ1) is 8.14. The summed E-state index contributed by atoms with van der Waals surface area (Å²) in [4.78, 5) is 19.1. The molecule has 0 aliphatic heterocycles. The Balaban J connectivity index is 3.37. The van der Waals surface area contributed by atoms with Gasteiger partial charge in [-0.15, -0.1) is 0 Å². The van der Waals surface area contributed by atoms with Crippen molar-refractivity contribution in [2.75, 3.05) is 0 Å². The van der Waals surface area contributed by atoms with Gasteiger partial charge in [-0.3, -0.25) is 20.2 Å². The highest BCUT2D eigenvalue weighted by Gasteiger charge is 2.38. The Labute approximate surface area is 98.3 Å². The third kappa shape index (κ3) is 2.73. The molecule has 0 aliphatic rings. The Hall–Kier alpha value is -2.19. The van der Waals surface area contributed by atoms with Crippen LogP contribution in [0.2, 0.25) is 0 Å². The summed E-state index contributed by atoms with van der Waals surface area (Å²) in [6, 6.07) is 0.610. The molecule has 0 heterocycles. The molecular formula is C9H7F3N2O4. The molecule has 1 aromatic carbocycles. The fourth-order valence-electron chi connectivity index (χ4n) is 1.32. The molecule has 0 spiro atoms. The van der Waals surface area contributed by atoms with Gasteiger partial charge in [-0.1, -0.05) is 6.07 Å². The maximum absolute atomic E-state index is 12.5. The normalized spacial score (nSPS) is 13.1. The molecule has 0 saturated carbocycles. The summed E-state index contributed by atoms with van der Waals surface area (Å²) in [6.45, 7) is 1.13. The summed E-state index contributed by atoms with van der Waals surface area (Å²) in [7, 11) is 0. The topological polar surface area (TPSA) is 86.3 Å². The lowest BCUT2D eigenvalue weighted by molar-refractivity contribution is -0.524. The Morgan fingerprint density at radius 1 is 1.22 bits per heavy atom. The van der Waals surface area contributed by atoms with Crippen molar-refractivity contribution in [2.45, 2.75) is 19.1 Å². The third-order valence-corrected chi connectivity index (χ3v) is 2.32. The Morgan fingerprint density at radius 3 is 2.17 bits per heavy atom. The molecule has 98 valence electrons. The molecule has 0 fully saturated rings. The predicted molar refractivity (Wildman–Crippen MR) is 53.5 cm³/mol. The number of nitro groups is 2. The summed E-state index contributed by atoms with van der Waals surface area (Å²) in [6.07, 6.45) is -4.88. The van der Waals surface area contributed by atoms with Crippen LogP contribution >= 0.6 is 0 Å². The number of nitro benzene ring substituents is 1. The summed E-state index contributed by atoms with van der Waals surface area (Å²) in [5, 5.41) is 21.0. The van der Waals surface area contributed by atoms with Gasteiger partial charge in [0.25, 0.3) is 5.69 Å². The van der Waals surface area contributed by atoms with Crippen molar-refractivity contribution in [2.24, 2.45) is 0 Å². The molecule has 0 aromatic heterocycles. The van der Waals surface area contributed by atoms with E-state index >= 15 is 0 Å². The summed E-state index contributed by atoms with van der Waals surface area (Å²) >= 11 is 0. The molecule has 6 nitrogen and oxygen atoms in total. The van der Waals surface area contributed by atoms with Crippen LogP contribution in [0.5, 0.6) is 0 Å². The summed E-state index contributed by atoms with van der Waals surface area (Å²) < 4.78 is 37.4. The highest BCUT2D eigenvalue weighted by atomic mass is 19.4. The Kier molecular flexibility index (Phi) is 3.54. The van der Waals surface area contributed by atoms with Crippen molar-refractivity contribution in [1.82, 2.24) is 0 Å². The Morgan fingerprint density at radius 2 is 1.78 bits per heavy atom. The molecule has 18 heavy (non-hydrogen) atoms. The SMILES string of the molecule is CC(c1ccc(C(F)(F)F)c([N+](=O)[O-])c1)[N+](=O)[O-]. The minimum atomic E-state index is -4.88. The van der Waals surface area contributed by atoms with Gasteiger partial charge in [0.2, 0.25) is 6.04 Å². The van der Waals surface area contributed by atoms with E-state index in [1.165, 1.54) is 0 Å². The van der Waals surface area contributed by atoms with Gasteiger partial charge in [0.1, 0.15) is 5.56 Å². The zero-order valence-electron chi connectivity index (χ0n) is 8.97. The van der Waals surface area contributed by atoms with Crippen molar-refractivity contribution in [3.63, 3.8) is 0 Å². The van der Waals surface area contributed by atoms with Crippen molar-refractivity contribution in [1.29, 1.82) is 0 Å². The fourth-order valence-corrected chi connectivity index (χ4v) is 1.32. The van der Waals surface area contributed by atoms with E-state index in [2.05, 4.69) is 0 Å². The first-order valence-electron chi connectivity index (χ1n) is 4.63. The van der Waals surface area contributed by atoms with Crippen molar-refractivity contribution < 1.29 is 23.0 Å². The van der Waals surface area contributed by atoms with Gasteiger partial charge in [0.15, 0.2) is 0 Å². The van der Waals surface area contributed by atoms with Gasteiger partial charge < -0.3 is 0 Å². The lowest BCUT2D eigenvalue weighted by Crippen LogP contribution is -2.11. The molecule has 1 unspecified atom stereocenters. The van der Waals surface area contributed by atoms with Gasteiger partial charge in [-0.05, 0) is 6.07 Å². The lowest BCUT2D eigenvalue weighted by Gasteiger charge is -2.09. The van der Waals surface area contributed by atoms with Crippen molar-refractivity contribution >= 4 is 5.69 Å². The van der Waals surface area contributed by atoms with Crippen LogP contribution in [0.25, 0.3) is 0 Å². The second-order valence-electron chi connectivity index (χ2n) is 3.49. The highest BCUT2D eigenvalue weighted by Crippen LogP contribution is 2.37. The molecule has 1 aromatic rings. The number of rotatable bonds is 3. The minimum Gasteiger partial charge on any atom is -0.264 e. The Bertz CT molecular complexity index is 501. The standard InChI is InChI=1S/C9H7F3N2O4/c1-5(13(15)16)6-2-3-7(9(10,11)12)8(4-6)14(17)18/h2-5H,1H3. The van der Waals surface area contributed by atoms with Gasteiger partial charge in [-0.2, -0.15) is 13.2 Å². The quantitative estimate of drug-likeness (QED) is 0.620. The minimum absolute atomic E-state index is 0.153. The van der Waals surface area contributed by atoms with Gasteiger partial charge in [0, 0.05) is 23.5 Å². The zero-order chi connectivity index (χ0) is 14.1. The van der Waals surface area contributed by atoms with Gasteiger partial charge >= 0.3 is 6.18 Å². The molecule has 0 aliphatic carbocycles. The van der Waals surface area contributed by atoms with Crippen LogP contribution in [-0.4, -0.2) is 9.85 Å². The van der Waals surface area contributed by atoms with Crippen molar-refractivity contribution in [3.05, 3.63) is 49.6 Å². The number of halogens is 3. The molecule has 0 N–H and O–H groups in total. The van der Waals surface area contributed by atoms with Crippen LogP contribution in [-0.2, 0) is 6.18 Å². The fraction of sp³-hybridized carbons (Fsp3) is 0.333. The van der Waals surface area contributed by atoms with E-state index in [0.717, 1.165) is 13.0 Å². The van der Waals surface area contributed by atoms with Crippen LogP contribution < -0.4 is 0 Å². The summed E-state index contributed by atoms with van der Waals surface area (Å²) in [5.41, 5.74) is -2.76. The number of alkyl halides is 3. The van der Waals surface area contributed by atoms with Crippen LogP contribution in [0, 0.1) is 20.2 Å². The van der Waals surface area contributed by atoms with E-state index in [1.807, 2.05) is 0 Å². The first kappa shape index (κ1) is 13.9. The van der Waals surface area contributed by atoms with E-state index < -0.39 is 33.3 Å². The number of nitrogens with zero attached hydrogens (tertiary/aromatic N) is 2. The van der Waals surface area contributed by atoms with Crippen LogP contribution in [0.1, 0.15) is 24.1 Å². The maximum atomic E-state index is 12.5. The predicted octanol–water partition coefficient (Wildman–Crippen LogP) is 2.95. The van der Waals surface area contributed by atoms with Crippen LogP contribution in [0.3, 0.4) is 0 Å². The molecule has 0 radical (unpaired) electrons. The second kappa shape index (κ2) is 4.59. The molecule has 0 amide bonds. The van der Waals surface area contributed by atoms with Crippen LogP contribution in [0.4, 0.5) is 18.9 Å². The summed E-state index contributed by atoms with van der Waals surface area (Å²) in [5.74, 6) is 0. The molecule has 1 rings (SSSR count). The molecule has 1 atom stereocenters. The smallest absolute Gasteiger partial charge is 0.264 e. The third-order valence-electron chi connectivity index (χ3n) is 2.32. The van der Waals surface area contributed by atoms with Crippen LogP contribution in [0.15, 0.2) is 18.2 Å². The average molecular weight is 264 g/mol. The van der Waals surface area contributed by atoms with Gasteiger partial charge in [0.05, 0.1) is 4.92 Å². The first-order valence-corrected chi connectivity index (χ1v) is 4.63. The maximum Gasteiger partial charge on any atom is 0.422 e. The molecule has 9 heteroatoms. The molecule has 0 saturated heterocycles. The number of hydrogen-bond acceptors (Lipinski definition) is 4. The molecule has 0 bridgehead atoms. The van der Waals surface area contributed by atoms with E-state index in [-0.39, 0.29) is 5.56 Å². The number of benzene rings is 1. The van der Waals surface area contributed by atoms with E-state index in [0.29, 0.717) is 12.1 Å². The average Bonchev–Trinajstić information content (AvgIpc) is 2.25. The highest BCUT2D eigenvalue weighted by molar-refractivity contribution is 5.45. The van der Waals surface area contributed by atoms with Crippen molar-refractivity contribution in [3.8, 4) is 0 Å².